The highest BCUT2D eigenvalue weighted by Crippen LogP contribution is 2.33. The normalized spacial score (nSPS) is 23.9. The Hall–Kier alpha value is -1.52. The van der Waals surface area contributed by atoms with Crippen LogP contribution in [-0.2, 0) is 19.0 Å². The number of carbonyl (C=O) groups is 2. The van der Waals surface area contributed by atoms with Crippen LogP contribution in [0.3, 0.4) is 0 Å². The summed E-state index contributed by atoms with van der Waals surface area (Å²) in [6, 6.07) is 0. The summed E-state index contributed by atoms with van der Waals surface area (Å²) >= 11 is 0. The largest absolute Gasteiger partial charge is 0.514 e. The number of hydrogen-bond acceptors (Lipinski definition) is 5. The van der Waals surface area contributed by atoms with Crippen molar-refractivity contribution in [3.63, 3.8) is 0 Å². The number of cyclic esters (lactones) is 2. The van der Waals surface area contributed by atoms with Crippen LogP contribution >= 0.6 is 0 Å². The van der Waals surface area contributed by atoms with E-state index in [0.717, 1.165) is 0 Å². The average Bonchev–Trinajstić information content (AvgIpc) is 2.47. The van der Waals surface area contributed by atoms with Crippen LogP contribution < -0.4 is 0 Å². The molecular formula is C11H16O5. The fourth-order valence-corrected chi connectivity index (χ4v) is 1.36. The van der Waals surface area contributed by atoms with E-state index in [4.69, 9.17) is 14.2 Å². The summed E-state index contributed by atoms with van der Waals surface area (Å²) in [6.07, 6.45) is 0.757. The Labute approximate surface area is 94.4 Å². The molecule has 0 aromatic rings. The van der Waals surface area contributed by atoms with Gasteiger partial charge in [0.25, 0.3) is 0 Å². The minimum Gasteiger partial charge on any atom is -0.466 e. The standard InChI is InChI=1S/C11H16O5/c1-4-9(12)14-7-5-6-11(3)8(2)15-10(13)16-11/h2,4-7H2,1,3H3. The van der Waals surface area contributed by atoms with Crippen molar-refractivity contribution in [3.8, 4) is 0 Å². The predicted molar refractivity (Wildman–Crippen MR) is 55.6 cm³/mol. The minimum absolute atomic E-state index is 0.233. The number of ether oxygens (including phenoxy) is 3. The summed E-state index contributed by atoms with van der Waals surface area (Å²) in [7, 11) is 0. The maximum Gasteiger partial charge on any atom is 0.514 e. The smallest absolute Gasteiger partial charge is 0.466 e. The molecule has 0 saturated carbocycles. The molecule has 1 aliphatic heterocycles. The quantitative estimate of drug-likeness (QED) is 0.533. The van der Waals surface area contributed by atoms with Crippen molar-refractivity contribution >= 4 is 12.1 Å². The fraction of sp³-hybridized carbons (Fsp3) is 0.636. The molecule has 90 valence electrons. The molecular weight excluding hydrogens is 212 g/mol. The second-order valence-corrected chi connectivity index (χ2v) is 3.79. The lowest BCUT2D eigenvalue weighted by atomic mass is 9.99. The summed E-state index contributed by atoms with van der Waals surface area (Å²) in [5, 5.41) is 0. The lowest BCUT2D eigenvalue weighted by Gasteiger charge is -2.19. The molecule has 0 N–H and O–H groups in total. The van der Waals surface area contributed by atoms with Crippen molar-refractivity contribution in [2.75, 3.05) is 6.61 Å². The van der Waals surface area contributed by atoms with Crippen LogP contribution in [0.4, 0.5) is 4.79 Å². The molecule has 1 atom stereocenters. The Kier molecular flexibility index (Phi) is 3.93. The van der Waals surface area contributed by atoms with E-state index in [0.29, 0.717) is 31.6 Å². The molecule has 1 heterocycles. The van der Waals surface area contributed by atoms with Crippen LogP contribution in [0.5, 0.6) is 0 Å². The van der Waals surface area contributed by atoms with E-state index >= 15 is 0 Å². The zero-order chi connectivity index (χ0) is 12.2. The van der Waals surface area contributed by atoms with Crippen LogP contribution in [0.1, 0.15) is 33.1 Å². The monoisotopic (exact) mass is 228 g/mol. The number of rotatable bonds is 5. The number of esters is 1. The van der Waals surface area contributed by atoms with E-state index < -0.39 is 11.8 Å². The molecule has 0 bridgehead atoms. The third-order valence-electron chi connectivity index (χ3n) is 2.45. The van der Waals surface area contributed by atoms with Crippen LogP contribution in [-0.4, -0.2) is 24.3 Å². The minimum atomic E-state index is -0.796. The van der Waals surface area contributed by atoms with Crippen molar-refractivity contribution in [2.24, 2.45) is 0 Å². The summed E-state index contributed by atoms with van der Waals surface area (Å²) in [5.41, 5.74) is -0.796. The molecule has 5 heteroatoms. The molecule has 0 radical (unpaired) electrons. The lowest BCUT2D eigenvalue weighted by molar-refractivity contribution is -0.143. The van der Waals surface area contributed by atoms with Gasteiger partial charge in [-0.15, -0.1) is 0 Å². The summed E-state index contributed by atoms with van der Waals surface area (Å²) in [6.45, 7) is 7.38. The Morgan fingerprint density at radius 1 is 1.56 bits per heavy atom. The van der Waals surface area contributed by atoms with Gasteiger partial charge in [-0.2, -0.15) is 0 Å². The highest BCUT2D eigenvalue weighted by atomic mass is 16.8. The predicted octanol–water partition coefficient (Wildman–Crippen LogP) is 2.16. The Balaban J connectivity index is 2.29. The molecule has 1 saturated heterocycles. The maximum atomic E-state index is 10.9. The molecule has 1 unspecified atom stereocenters. The number of carbonyl (C=O) groups excluding carboxylic acids is 2. The van der Waals surface area contributed by atoms with E-state index in [1.807, 2.05) is 0 Å². The van der Waals surface area contributed by atoms with Gasteiger partial charge in [0, 0.05) is 6.42 Å². The maximum absolute atomic E-state index is 10.9. The fourth-order valence-electron chi connectivity index (χ4n) is 1.36. The lowest BCUT2D eigenvalue weighted by Crippen LogP contribution is -2.26. The first kappa shape index (κ1) is 12.5. The van der Waals surface area contributed by atoms with Crippen LogP contribution in [0.15, 0.2) is 12.3 Å². The van der Waals surface area contributed by atoms with Crippen molar-refractivity contribution in [1.82, 2.24) is 0 Å². The van der Waals surface area contributed by atoms with Crippen molar-refractivity contribution in [2.45, 2.75) is 38.7 Å². The third kappa shape index (κ3) is 2.98. The zero-order valence-corrected chi connectivity index (χ0v) is 9.58. The second-order valence-electron chi connectivity index (χ2n) is 3.79. The third-order valence-corrected chi connectivity index (χ3v) is 2.45. The molecule has 1 rings (SSSR count). The summed E-state index contributed by atoms with van der Waals surface area (Å²) in [4.78, 5) is 21.7. The van der Waals surface area contributed by atoms with Crippen molar-refractivity contribution in [3.05, 3.63) is 12.3 Å². The molecule has 1 aliphatic rings. The van der Waals surface area contributed by atoms with Gasteiger partial charge in [0.05, 0.1) is 6.61 Å². The molecule has 0 aromatic carbocycles. The van der Waals surface area contributed by atoms with Gasteiger partial charge in [0.2, 0.25) is 0 Å². The SMILES string of the molecule is C=C1OC(=O)OC1(C)CCCOC(=O)CC. The van der Waals surface area contributed by atoms with E-state index in [1.54, 1.807) is 13.8 Å². The zero-order valence-electron chi connectivity index (χ0n) is 9.58. The van der Waals surface area contributed by atoms with Crippen LogP contribution in [0.2, 0.25) is 0 Å². The van der Waals surface area contributed by atoms with Crippen LogP contribution in [0.25, 0.3) is 0 Å². The first-order chi connectivity index (χ1) is 7.48. The van der Waals surface area contributed by atoms with Crippen LogP contribution in [0, 0.1) is 0 Å². The molecule has 0 aliphatic carbocycles. The topological polar surface area (TPSA) is 61.8 Å². The van der Waals surface area contributed by atoms with Gasteiger partial charge >= 0.3 is 12.1 Å². The first-order valence-electron chi connectivity index (χ1n) is 5.24. The summed E-state index contributed by atoms with van der Waals surface area (Å²) < 4.78 is 14.6. The Bertz CT molecular complexity index is 309. The van der Waals surface area contributed by atoms with E-state index in [-0.39, 0.29) is 5.97 Å². The highest BCUT2D eigenvalue weighted by Gasteiger charge is 2.41. The van der Waals surface area contributed by atoms with Gasteiger partial charge in [-0.3, -0.25) is 4.79 Å². The van der Waals surface area contributed by atoms with E-state index in [2.05, 4.69) is 6.58 Å². The molecule has 16 heavy (non-hydrogen) atoms. The highest BCUT2D eigenvalue weighted by molar-refractivity contribution is 5.68. The van der Waals surface area contributed by atoms with Gasteiger partial charge in [-0.1, -0.05) is 13.5 Å². The Morgan fingerprint density at radius 2 is 2.25 bits per heavy atom. The van der Waals surface area contributed by atoms with Gasteiger partial charge in [0.15, 0.2) is 5.60 Å². The second kappa shape index (κ2) is 5.01. The first-order valence-corrected chi connectivity index (χ1v) is 5.24. The number of hydrogen-bond donors (Lipinski definition) is 0. The molecule has 0 aromatic heterocycles. The average molecular weight is 228 g/mol. The Morgan fingerprint density at radius 3 is 2.75 bits per heavy atom. The molecule has 5 nitrogen and oxygen atoms in total. The summed E-state index contributed by atoms with van der Waals surface area (Å²) in [5.74, 6) is 0.0722. The van der Waals surface area contributed by atoms with Gasteiger partial charge < -0.3 is 14.2 Å². The van der Waals surface area contributed by atoms with Gasteiger partial charge in [-0.25, -0.2) is 4.79 Å². The molecule has 0 spiro atoms. The van der Waals surface area contributed by atoms with Crippen molar-refractivity contribution in [1.29, 1.82) is 0 Å². The van der Waals surface area contributed by atoms with Gasteiger partial charge in [-0.05, 0) is 19.8 Å². The molecule has 1 fully saturated rings. The van der Waals surface area contributed by atoms with Gasteiger partial charge in [0.1, 0.15) is 5.76 Å². The molecule has 0 amide bonds. The van der Waals surface area contributed by atoms with E-state index in [9.17, 15) is 9.59 Å². The van der Waals surface area contributed by atoms with Crippen molar-refractivity contribution < 1.29 is 23.8 Å². The van der Waals surface area contributed by atoms with E-state index in [1.165, 1.54) is 0 Å².